The first kappa shape index (κ1) is 12.3. The Morgan fingerprint density at radius 1 is 1.62 bits per heavy atom. The van der Waals surface area contributed by atoms with E-state index in [4.69, 9.17) is 16.9 Å². The Labute approximate surface area is 92.4 Å². The summed E-state index contributed by atoms with van der Waals surface area (Å²) in [7, 11) is 0. The van der Waals surface area contributed by atoms with Crippen LogP contribution in [0.15, 0.2) is 6.20 Å². The summed E-state index contributed by atoms with van der Waals surface area (Å²) in [6.07, 6.45) is 0.637. The van der Waals surface area contributed by atoms with Gasteiger partial charge in [0.05, 0.1) is 11.1 Å². The van der Waals surface area contributed by atoms with E-state index in [9.17, 15) is 18.0 Å². The third kappa shape index (κ3) is 1.79. The molecular formula is C8H3ClF3N3O. The molecule has 0 fully saturated rings. The zero-order valence-corrected chi connectivity index (χ0v) is 8.23. The molecule has 0 aliphatic carbocycles. The summed E-state index contributed by atoms with van der Waals surface area (Å²) in [6.45, 7) is 0. The Morgan fingerprint density at radius 3 is 2.62 bits per heavy atom. The Balaban J connectivity index is 3.61. The predicted molar refractivity (Wildman–Crippen MR) is 47.0 cm³/mol. The number of amides is 1. The number of hydrogen-bond acceptors (Lipinski definition) is 3. The first-order valence-electron chi connectivity index (χ1n) is 3.74. The summed E-state index contributed by atoms with van der Waals surface area (Å²) >= 11 is 5.17. The van der Waals surface area contributed by atoms with E-state index in [1.807, 2.05) is 0 Å². The second-order valence-electron chi connectivity index (χ2n) is 2.70. The molecule has 0 radical (unpaired) electrons. The van der Waals surface area contributed by atoms with Crippen molar-refractivity contribution in [1.82, 2.24) is 4.98 Å². The molecule has 0 bridgehead atoms. The second-order valence-corrected chi connectivity index (χ2v) is 3.06. The van der Waals surface area contributed by atoms with Gasteiger partial charge >= 0.3 is 5.92 Å². The highest BCUT2D eigenvalue weighted by molar-refractivity contribution is 6.29. The Morgan fingerprint density at radius 2 is 2.19 bits per heavy atom. The number of pyridine rings is 1. The highest BCUT2D eigenvalue weighted by atomic mass is 35.5. The van der Waals surface area contributed by atoms with E-state index in [2.05, 4.69) is 10.7 Å². The molecule has 0 unspecified atom stereocenters. The maximum atomic E-state index is 13.3. The van der Waals surface area contributed by atoms with Crippen LogP contribution in [0.4, 0.5) is 13.2 Å². The summed E-state index contributed by atoms with van der Waals surface area (Å²) in [5.74, 6) is -8.03. The number of nitriles is 1. The van der Waals surface area contributed by atoms with Crippen molar-refractivity contribution in [3.05, 3.63) is 28.3 Å². The smallest absolute Gasteiger partial charge is 0.353 e. The topological polar surface area (TPSA) is 79.8 Å². The molecule has 0 aromatic carbocycles. The van der Waals surface area contributed by atoms with Gasteiger partial charge in [-0.1, -0.05) is 11.6 Å². The van der Waals surface area contributed by atoms with Crippen LogP contribution in [-0.4, -0.2) is 10.9 Å². The van der Waals surface area contributed by atoms with E-state index in [1.54, 1.807) is 0 Å². The second kappa shape index (κ2) is 3.98. The van der Waals surface area contributed by atoms with Crippen molar-refractivity contribution in [2.45, 2.75) is 5.92 Å². The van der Waals surface area contributed by atoms with Crippen molar-refractivity contribution in [2.24, 2.45) is 5.73 Å². The molecule has 1 rings (SSSR count). The normalized spacial score (nSPS) is 10.9. The van der Waals surface area contributed by atoms with Crippen LogP contribution in [0, 0.1) is 17.1 Å². The van der Waals surface area contributed by atoms with Crippen LogP contribution in [0.3, 0.4) is 0 Å². The van der Waals surface area contributed by atoms with Gasteiger partial charge in [0.25, 0.3) is 5.91 Å². The van der Waals surface area contributed by atoms with Crippen molar-refractivity contribution in [2.75, 3.05) is 0 Å². The number of carbonyl (C=O) groups excluding carboxylic acids is 1. The molecule has 16 heavy (non-hydrogen) atoms. The number of aromatic nitrogens is 1. The largest absolute Gasteiger partial charge is 0.364 e. The number of carbonyl (C=O) groups is 1. The van der Waals surface area contributed by atoms with E-state index >= 15 is 0 Å². The molecule has 1 heterocycles. The molecule has 1 amide bonds. The quantitative estimate of drug-likeness (QED) is 0.803. The van der Waals surface area contributed by atoms with Crippen LogP contribution < -0.4 is 5.73 Å². The molecule has 4 nitrogen and oxygen atoms in total. The molecule has 0 spiro atoms. The molecule has 1 aromatic rings. The predicted octanol–water partition coefficient (Wildman–Crippen LogP) is 1.32. The summed E-state index contributed by atoms with van der Waals surface area (Å²) < 4.78 is 39.7. The molecule has 0 atom stereocenters. The SMILES string of the molecule is N#Cc1cnc(Cl)c(F)c1C(F)(F)C(N)=O. The highest BCUT2D eigenvalue weighted by Crippen LogP contribution is 2.34. The first-order valence-corrected chi connectivity index (χ1v) is 4.12. The molecule has 1 aromatic heterocycles. The maximum Gasteiger partial charge on any atom is 0.353 e. The molecular weight excluding hydrogens is 247 g/mol. The van der Waals surface area contributed by atoms with E-state index < -0.39 is 33.9 Å². The van der Waals surface area contributed by atoms with Crippen molar-refractivity contribution >= 4 is 17.5 Å². The van der Waals surface area contributed by atoms with Crippen LogP contribution in [0.2, 0.25) is 5.15 Å². The van der Waals surface area contributed by atoms with Crippen LogP contribution in [0.1, 0.15) is 11.1 Å². The first-order chi connectivity index (χ1) is 7.32. The third-order valence-corrected chi connectivity index (χ3v) is 1.98. The van der Waals surface area contributed by atoms with Gasteiger partial charge in [0.15, 0.2) is 11.0 Å². The molecule has 0 saturated carbocycles. The number of rotatable bonds is 2. The Hall–Kier alpha value is -1.81. The van der Waals surface area contributed by atoms with Gasteiger partial charge < -0.3 is 5.73 Å². The van der Waals surface area contributed by atoms with Crippen LogP contribution >= 0.6 is 11.6 Å². The average Bonchev–Trinajstić information content (AvgIpc) is 2.21. The van der Waals surface area contributed by atoms with Gasteiger partial charge in [-0.25, -0.2) is 9.37 Å². The zero-order chi connectivity index (χ0) is 12.5. The van der Waals surface area contributed by atoms with Crippen LogP contribution in [0.5, 0.6) is 0 Å². The van der Waals surface area contributed by atoms with Gasteiger partial charge in [-0.15, -0.1) is 0 Å². The number of hydrogen-bond donors (Lipinski definition) is 1. The minimum absolute atomic E-state index is 0.637. The van der Waals surface area contributed by atoms with Crippen molar-refractivity contribution in [3.63, 3.8) is 0 Å². The van der Waals surface area contributed by atoms with Gasteiger partial charge in [0, 0.05) is 6.20 Å². The number of primary amides is 1. The summed E-state index contributed by atoms with van der Waals surface area (Å²) in [4.78, 5) is 13.7. The van der Waals surface area contributed by atoms with Crippen molar-refractivity contribution < 1.29 is 18.0 Å². The van der Waals surface area contributed by atoms with Gasteiger partial charge in [-0.05, 0) is 0 Å². The third-order valence-electron chi connectivity index (χ3n) is 1.72. The fourth-order valence-electron chi connectivity index (χ4n) is 0.979. The highest BCUT2D eigenvalue weighted by Gasteiger charge is 2.44. The molecule has 8 heteroatoms. The molecule has 84 valence electrons. The van der Waals surface area contributed by atoms with E-state index in [1.165, 1.54) is 6.07 Å². The van der Waals surface area contributed by atoms with Crippen molar-refractivity contribution in [3.8, 4) is 6.07 Å². The number of alkyl halides is 2. The minimum atomic E-state index is -4.32. The van der Waals surface area contributed by atoms with Crippen LogP contribution in [-0.2, 0) is 10.7 Å². The van der Waals surface area contributed by atoms with Gasteiger partial charge in [-0.2, -0.15) is 14.0 Å². The summed E-state index contributed by atoms with van der Waals surface area (Å²) in [6, 6.07) is 1.28. The fraction of sp³-hybridized carbons (Fsp3) is 0.125. The standard InChI is InChI=1S/C8H3ClF3N3O/c9-6-5(10)4(3(1-13)2-15-6)8(11,12)7(14)16/h2H,(H2,14,16). The Bertz CT molecular complexity index is 498. The summed E-state index contributed by atoms with van der Waals surface area (Å²) in [5, 5.41) is 7.63. The van der Waals surface area contributed by atoms with Crippen molar-refractivity contribution in [1.29, 1.82) is 5.26 Å². The lowest BCUT2D eigenvalue weighted by Crippen LogP contribution is -2.34. The number of nitrogens with zero attached hydrogens (tertiary/aromatic N) is 2. The average molecular weight is 250 g/mol. The molecule has 2 N–H and O–H groups in total. The lowest BCUT2D eigenvalue weighted by Gasteiger charge is -2.14. The number of halogens is 4. The molecule has 0 saturated heterocycles. The molecule has 0 aliphatic rings. The van der Waals surface area contributed by atoms with Gasteiger partial charge in [0.2, 0.25) is 0 Å². The minimum Gasteiger partial charge on any atom is -0.364 e. The van der Waals surface area contributed by atoms with Crippen LogP contribution in [0.25, 0.3) is 0 Å². The fourth-order valence-corrected chi connectivity index (χ4v) is 1.12. The lowest BCUT2D eigenvalue weighted by molar-refractivity contribution is -0.143. The van der Waals surface area contributed by atoms with Gasteiger partial charge in [0.1, 0.15) is 6.07 Å². The van der Waals surface area contributed by atoms with E-state index in [0.29, 0.717) is 6.20 Å². The van der Waals surface area contributed by atoms with Gasteiger partial charge in [-0.3, -0.25) is 4.79 Å². The molecule has 0 aliphatic heterocycles. The monoisotopic (exact) mass is 249 g/mol. The maximum absolute atomic E-state index is 13.3. The number of nitrogens with two attached hydrogens (primary N) is 1. The Kier molecular flexibility index (Phi) is 3.05. The lowest BCUT2D eigenvalue weighted by atomic mass is 10.0. The van der Waals surface area contributed by atoms with E-state index in [0.717, 1.165) is 0 Å². The summed E-state index contributed by atoms with van der Waals surface area (Å²) in [5.41, 5.74) is 2.16. The zero-order valence-electron chi connectivity index (χ0n) is 7.47. The van der Waals surface area contributed by atoms with E-state index in [-0.39, 0.29) is 0 Å².